The van der Waals surface area contributed by atoms with Crippen molar-refractivity contribution in [1.29, 1.82) is 0 Å². The van der Waals surface area contributed by atoms with Gasteiger partial charge in [0.15, 0.2) is 0 Å². The molecule has 1 saturated carbocycles. The van der Waals surface area contributed by atoms with Gasteiger partial charge in [0.25, 0.3) is 0 Å². The number of rotatable bonds is 3. The molecule has 1 heteroatoms. The number of likely N-dealkylation sites (tertiary alicyclic amines) is 1. The Kier molecular flexibility index (Phi) is 4.01. The smallest absolute Gasteiger partial charge is 0.00386 e. The van der Waals surface area contributed by atoms with Crippen LogP contribution >= 0.6 is 0 Å². The van der Waals surface area contributed by atoms with Crippen LogP contribution in [0.3, 0.4) is 0 Å². The van der Waals surface area contributed by atoms with Crippen molar-refractivity contribution >= 4 is 0 Å². The zero-order chi connectivity index (χ0) is 15.4. The minimum Gasteiger partial charge on any atom is -0.301 e. The number of hydrogen-bond acceptors (Lipinski definition) is 1. The van der Waals surface area contributed by atoms with Crippen molar-refractivity contribution in [2.24, 2.45) is 29.1 Å². The zero-order valence-electron chi connectivity index (χ0n) is 15.1. The summed E-state index contributed by atoms with van der Waals surface area (Å²) in [4.78, 5) is 2.69. The van der Waals surface area contributed by atoms with Crippen LogP contribution in [-0.4, -0.2) is 24.0 Å². The van der Waals surface area contributed by atoms with Gasteiger partial charge in [-0.05, 0) is 81.7 Å². The van der Waals surface area contributed by atoms with Gasteiger partial charge in [0.2, 0.25) is 0 Å². The SMILES string of the molecule is CC(C)C1=C(C(C)C)C2(CCN(C(C)C)CC2)CC2CC12. The molecule has 1 heterocycles. The molecular formula is C20H35N. The maximum absolute atomic E-state index is 2.69. The maximum atomic E-state index is 2.69. The third-order valence-corrected chi connectivity index (χ3v) is 6.54. The molecule has 0 aromatic rings. The van der Waals surface area contributed by atoms with Crippen molar-refractivity contribution in [2.45, 2.75) is 73.3 Å². The Morgan fingerprint density at radius 1 is 0.952 bits per heavy atom. The molecule has 0 amide bonds. The third kappa shape index (κ3) is 2.60. The van der Waals surface area contributed by atoms with E-state index < -0.39 is 0 Å². The van der Waals surface area contributed by atoms with E-state index in [0.717, 1.165) is 29.7 Å². The molecule has 120 valence electrons. The molecule has 1 nitrogen and oxygen atoms in total. The van der Waals surface area contributed by atoms with Gasteiger partial charge >= 0.3 is 0 Å². The van der Waals surface area contributed by atoms with Crippen molar-refractivity contribution in [1.82, 2.24) is 4.90 Å². The van der Waals surface area contributed by atoms with E-state index in [4.69, 9.17) is 0 Å². The van der Waals surface area contributed by atoms with Crippen LogP contribution in [0.15, 0.2) is 11.1 Å². The first-order valence-electron chi connectivity index (χ1n) is 9.34. The van der Waals surface area contributed by atoms with Crippen molar-refractivity contribution in [3.05, 3.63) is 11.1 Å². The van der Waals surface area contributed by atoms with Gasteiger partial charge in [-0.2, -0.15) is 0 Å². The minimum atomic E-state index is 0.566. The molecule has 3 aliphatic rings. The summed E-state index contributed by atoms with van der Waals surface area (Å²) >= 11 is 0. The van der Waals surface area contributed by atoms with E-state index in [9.17, 15) is 0 Å². The van der Waals surface area contributed by atoms with Crippen molar-refractivity contribution in [2.75, 3.05) is 13.1 Å². The Labute approximate surface area is 132 Å². The van der Waals surface area contributed by atoms with Crippen LogP contribution in [0.1, 0.15) is 67.2 Å². The summed E-state index contributed by atoms with van der Waals surface area (Å²) in [5.74, 6) is 3.51. The number of allylic oxidation sites excluding steroid dienone is 2. The van der Waals surface area contributed by atoms with E-state index >= 15 is 0 Å². The van der Waals surface area contributed by atoms with E-state index in [1.165, 1.54) is 38.8 Å². The summed E-state index contributed by atoms with van der Waals surface area (Å²) in [5.41, 5.74) is 4.36. The molecule has 21 heavy (non-hydrogen) atoms. The van der Waals surface area contributed by atoms with E-state index in [1.807, 2.05) is 11.1 Å². The third-order valence-electron chi connectivity index (χ3n) is 6.54. The zero-order valence-corrected chi connectivity index (χ0v) is 15.1. The first-order chi connectivity index (χ1) is 9.85. The first-order valence-corrected chi connectivity index (χ1v) is 9.34. The van der Waals surface area contributed by atoms with Crippen LogP contribution < -0.4 is 0 Å². The molecular weight excluding hydrogens is 254 g/mol. The average molecular weight is 290 g/mol. The molecule has 2 fully saturated rings. The molecule has 1 spiro atoms. The van der Waals surface area contributed by atoms with Crippen molar-refractivity contribution < 1.29 is 0 Å². The lowest BCUT2D eigenvalue weighted by atomic mass is 9.60. The van der Waals surface area contributed by atoms with Gasteiger partial charge in [-0.25, -0.2) is 0 Å². The van der Waals surface area contributed by atoms with Gasteiger partial charge in [-0.3, -0.25) is 0 Å². The van der Waals surface area contributed by atoms with E-state index in [2.05, 4.69) is 46.4 Å². The predicted octanol–water partition coefficient (Wildman–Crippen LogP) is 5.13. The largest absolute Gasteiger partial charge is 0.301 e. The highest BCUT2D eigenvalue weighted by Crippen LogP contribution is 2.64. The Bertz CT molecular complexity index is 421. The molecule has 0 radical (unpaired) electrons. The van der Waals surface area contributed by atoms with Crippen LogP contribution in [-0.2, 0) is 0 Å². The monoisotopic (exact) mass is 289 g/mol. The van der Waals surface area contributed by atoms with Crippen molar-refractivity contribution in [3.8, 4) is 0 Å². The van der Waals surface area contributed by atoms with Crippen molar-refractivity contribution in [3.63, 3.8) is 0 Å². The molecule has 2 unspecified atom stereocenters. The Hall–Kier alpha value is -0.300. The lowest BCUT2D eigenvalue weighted by molar-refractivity contribution is 0.0832. The molecule has 2 atom stereocenters. The fraction of sp³-hybridized carbons (Fsp3) is 0.900. The van der Waals surface area contributed by atoms with Gasteiger partial charge in [-0.15, -0.1) is 0 Å². The van der Waals surface area contributed by atoms with Crippen LogP contribution in [0.2, 0.25) is 0 Å². The highest BCUT2D eigenvalue weighted by atomic mass is 15.2. The lowest BCUT2D eigenvalue weighted by Crippen LogP contribution is -2.46. The van der Waals surface area contributed by atoms with Crippen LogP contribution in [0, 0.1) is 29.1 Å². The highest BCUT2D eigenvalue weighted by molar-refractivity contribution is 5.36. The summed E-state index contributed by atoms with van der Waals surface area (Å²) in [6, 6.07) is 0.718. The predicted molar refractivity (Wildman–Crippen MR) is 91.3 cm³/mol. The molecule has 1 aliphatic heterocycles. The fourth-order valence-electron chi connectivity index (χ4n) is 5.60. The van der Waals surface area contributed by atoms with E-state index in [0.29, 0.717) is 5.41 Å². The second-order valence-corrected chi connectivity index (χ2v) is 8.89. The van der Waals surface area contributed by atoms with E-state index in [1.54, 1.807) is 0 Å². The fourth-order valence-corrected chi connectivity index (χ4v) is 5.60. The van der Waals surface area contributed by atoms with Gasteiger partial charge in [0.05, 0.1) is 0 Å². The average Bonchev–Trinajstić information content (AvgIpc) is 3.15. The van der Waals surface area contributed by atoms with E-state index in [-0.39, 0.29) is 0 Å². The number of nitrogens with zero attached hydrogens (tertiary/aromatic N) is 1. The normalized spacial score (nSPS) is 32.4. The Morgan fingerprint density at radius 3 is 2.05 bits per heavy atom. The number of piperidine rings is 1. The van der Waals surface area contributed by atoms with Gasteiger partial charge < -0.3 is 4.90 Å². The highest BCUT2D eigenvalue weighted by Gasteiger charge is 2.54. The molecule has 0 aromatic carbocycles. The van der Waals surface area contributed by atoms with Crippen LogP contribution in [0.25, 0.3) is 0 Å². The van der Waals surface area contributed by atoms with Crippen LogP contribution in [0.5, 0.6) is 0 Å². The molecule has 3 rings (SSSR count). The quantitative estimate of drug-likeness (QED) is 0.651. The summed E-state index contributed by atoms with van der Waals surface area (Å²) < 4.78 is 0. The maximum Gasteiger partial charge on any atom is 0.00386 e. The van der Waals surface area contributed by atoms with Gasteiger partial charge in [0.1, 0.15) is 0 Å². The molecule has 1 saturated heterocycles. The molecule has 2 aliphatic carbocycles. The first kappa shape index (κ1) is 15.6. The minimum absolute atomic E-state index is 0.566. The molecule has 0 N–H and O–H groups in total. The summed E-state index contributed by atoms with van der Waals surface area (Å²) in [6.45, 7) is 17.1. The summed E-state index contributed by atoms with van der Waals surface area (Å²) in [7, 11) is 0. The Balaban J connectivity index is 1.92. The van der Waals surface area contributed by atoms with Gasteiger partial charge in [0, 0.05) is 6.04 Å². The summed E-state index contributed by atoms with van der Waals surface area (Å²) in [5, 5.41) is 0. The molecule has 0 aromatic heterocycles. The number of fused-ring (bicyclic) bond motifs is 1. The lowest BCUT2D eigenvalue weighted by Gasteiger charge is -2.49. The van der Waals surface area contributed by atoms with Crippen LogP contribution in [0.4, 0.5) is 0 Å². The second kappa shape index (κ2) is 5.41. The molecule has 0 bridgehead atoms. The summed E-state index contributed by atoms with van der Waals surface area (Å²) in [6.07, 6.45) is 5.84. The Morgan fingerprint density at radius 2 is 1.57 bits per heavy atom. The number of hydrogen-bond donors (Lipinski definition) is 0. The topological polar surface area (TPSA) is 3.24 Å². The van der Waals surface area contributed by atoms with Gasteiger partial charge in [-0.1, -0.05) is 38.8 Å². The standard InChI is InChI=1S/C20H35N/c1-13(2)18-17-11-16(17)12-20(19(18)14(3)4)7-9-21(10-8-20)15(5)6/h13-17H,7-12H2,1-6H3. The second-order valence-electron chi connectivity index (χ2n) is 8.89.